The maximum Gasteiger partial charge on any atom is 0.325 e. The van der Waals surface area contributed by atoms with E-state index in [1.165, 1.54) is 0 Å². The van der Waals surface area contributed by atoms with Crippen molar-refractivity contribution >= 4 is 17.8 Å². The fourth-order valence-electron chi connectivity index (χ4n) is 2.89. The fraction of sp³-hybridized carbons (Fsp3) is 0.125. The van der Waals surface area contributed by atoms with Gasteiger partial charge in [-0.25, -0.2) is 0 Å². The molecule has 0 fully saturated rings. The molecule has 2 N–H and O–H groups in total. The van der Waals surface area contributed by atoms with Crippen LogP contribution in [0.15, 0.2) is 91.0 Å². The van der Waals surface area contributed by atoms with Crippen LogP contribution >= 0.6 is 0 Å². The summed E-state index contributed by atoms with van der Waals surface area (Å²) in [7, 11) is 0. The number of benzene rings is 3. The highest BCUT2D eigenvalue weighted by atomic mass is 16.5. The average Bonchev–Trinajstić information content (AvgIpc) is 2.81. The molecule has 0 saturated carbocycles. The van der Waals surface area contributed by atoms with E-state index in [-0.39, 0.29) is 18.5 Å². The number of carbonyl (C=O) groups is 3. The third-order valence-corrected chi connectivity index (χ3v) is 4.36. The Bertz CT molecular complexity index is 936. The van der Waals surface area contributed by atoms with Gasteiger partial charge in [0.1, 0.15) is 6.54 Å². The van der Waals surface area contributed by atoms with Gasteiger partial charge in [-0.1, -0.05) is 78.9 Å². The van der Waals surface area contributed by atoms with E-state index in [0.717, 1.165) is 11.1 Å². The molecule has 2 amide bonds. The number of rotatable bonds is 8. The van der Waals surface area contributed by atoms with E-state index >= 15 is 0 Å². The van der Waals surface area contributed by atoms with Crippen molar-refractivity contribution in [3.8, 4) is 0 Å². The summed E-state index contributed by atoms with van der Waals surface area (Å²) in [6, 6.07) is 27.2. The molecule has 0 aliphatic heterocycles. The minimum Gasteiger partial charge on any atom is -0.454 e. The predicted octanol–water partition coefficient (Wildman–Crippen LogP) is 2.87. The van der Waals surface area contributed by atoms with Crippen molar-refractivity contribution in [1.29, 1.82) is 0 Å². The van der Waals surface area contributed by atoms with E-state index in [4.69, 9.17) is 4.74 Å². The monoisotopic (exact) mass is 402 g/mol. The standard InChI is InChI=1S/C24H22N2O4/c27-21(17-30-22(28)16-25-24(29)20-14-8-3-9-15-20)26-23(18-10-4-1-5-11-18)19-12-6-2-7-13-19/h1-15,23H,16-17H2,(H,25,29)(H,26,27). The molecule has 3 rings (SSSR count). The Kier molecular flexibility index (Phi) is 7.33. The first-order chi connectivity index (χ1) is 14.6. The van der Waals surface area contributed by atoms with Crippen molar-refractivity contribution in [2.45, 2.75) is 6.04 Å². The SMILES string of the molecule is O=C(COC(=O)CNC(=O)c1ccccc1)NC(c1ccccc1)c1ccccc1. The van der Waals surface area contributed by atoms with Crippen molar-refractivity contribution in [2.75, 3.05) is 13.2 Å². The molecule has 0 radical (unpaired) electrons. The van der Waals surface area contributed by atoms with Crippen LogP contribution in [0, 0.1) is 0 Å². The summed E-state index contributed by atoms with van der Waals surface area (Å²) < 4.78 is 5.00. The predicted molar refractivity (Wildman–Crippen MR) is 113 cm³/mol. The van der Waals surface area contributed by atoms with Crippen molar-refractivity contribution < 1.29 is 19.1 Å². The lowest BCUT2D eigenvalue weighted by atomic mass is 9.99. The van der Waals surface area contributed by atoms with Gasteiger partial charge in [-0.15, -0.1) is 0 Å². The number of nitrogens with one attached hydrogen (secondary N) is 2. The highest BCUT2D eigenvalue weighted by molar-refractivity contribution is 5.96. The van der Waals surface area contributed by atoms with E-state index in [2.05, 4.69) is 10.6 Å². The molecule has 0 saturated heterocycles. The Balaban J connectivity index is 1.52. The molecule has 0 aromatic heterocycles. The third-order valence-electron chi connectivity index (χ3n) is 4.36. The Morgan fingerprint density at radius 2 is 1.23 bits per heavy atom. The van der Waals surface area contributed by atoms with E-state index in [1.807, 2.05) is 60.7 Å². The summed E-state index contributed by atoms with van der Waals surface area (Å²) in [5.41, 5.74) is 2.27. The van der Waals surface area contributed by atoms with Gasteiger partial charge in [-0.05, 0) is 23.3 Å². The van der Waals surface area contributed by atoms with Crippen LogP contribution in [0.25, 0.3) is 0 Å². The van der Waals surface area contributed by atoms with E-state index in [0.29, 0.717) is 5.56 Å². The van der Waals surface area contributed by atoms with Crippen LogP contribution in [-0.2, 0) is 14.3 Å². The zero-order valence-corrected chi connectivity index (χ0v) is 16.3. The average molecular weight is 402 g/mol. The quantitative estimate of drug-likeness (QED) is 0.568. The van der Waals surface area contributed by atoms with Gasteiger partial charge in [0.05, 0.1) is 6.04 Å². The molecule has 152 valence electrons. The number of esters is 1. The van der Waals surface area contributed by atoms with Gasteiger partial charge in [0.2, 0.25) is 0 Å². The molecule has 0 aliphatic carbocycles. The van der Waals surface area contributed by atoms with Gasteiger partial charge in [-0.2, -0.15) is 0 Å². The second-order valence-electron chi connectivity index (χ2n) is 6.53. The van der Waals surface area contributed by atoms with E-state index in [1.54, 1.807) is 30.3 Å². The van der Waals surface area contributed by atoms with Crippen molar-refractivity contribution in [2.24, 2.45) is 0 Å². The molecule has 30 heavy (non-hydrogen) atoms. The summed E-state index contributed by atoms with van der Waals surface area (Å²) >= 11 is 0. The van der Waals surface area contributed by atoms with Crippen LogP contribution in [0.5, 0.6) is 0 Å². The van der Waals surface area contributed by atoms with Gasteiger partial charge >= 0.3 is 5.97 Å². The first-order valence-electron chi connectivity index (χ1n) is 9.51. The summed E-state index contributed by atoms with van der Waals surface area (Å²) in [5, 5.41) is 5.36. The van der Waals surface area contributed by atoms with Crippen LogP contribution in [0.1, 0.15) is 27.5 Å². The number of ether oxygens (including phenoxy) is 1. The second kappa shape index (κ2) is 10.6. The molecular formula is C24H22N2O4. The molecule has 0 unspecified atom stereocenters. The maximum absolute atomic E-state index is 12.4. The fourth-order valence-corrected chi connectivity index (χ4v) is 2.89. The molecule has 0 bridgehead atoms. The highest BCUT2D eigenvalue weighted by Crippen LogP contribution is 2.21. The Morgan fingerprint density at radius 1 is 0.733 bits per heavy atom. The van der Waals surface area contributed by atoms with Gasteiger partial charge < -0.3 is 15.4 Å². The van der Waals surface area contributed by atoms with Crippen molar-refractivity contribution in [3.63, 3.8) is 0 Å². The molecule has 6 nitrogen and oxygen atoms in total. The first-order valence-corrected chi connectivity index (χ1v) is 9.51. The number of carbonyl (C=O) groups excluding carboxylic acids is 3. The van der Waals surface area contributed by atoms with Crippen molar-refractivity contribution in [1.82, 2.24) is 10.6 Å². The maximum atomic E-state index is 12.4. The van der Waals surface area contributed by atoms with Gasteiger partial charge in [-0.3, -0.25) is 14.4 Å². The smallest absolute Gasteiger partial charge is 0.325 e. The number of amides is 2. The van der Waals surface area contributed by atoms with Gasteiger partial charge in [0.15, 0.2) is 6.61 Å². The third kappa shape index (κ3) is 6.04. The molecule has 3 aromatic carbocycles. The summed E-state index contributed by atoms with van der Waals surface area (Å²) in [5.74, 6) is -1.51. The largest absolute Gasteiger partial charge is 0.454 e. The molecule has 6 heteroatoms. The van der Waals surface area contributed by atoms with Crippen LogP contribution in [0.4, 0.5) is 0 Å². The molecule has 3 aromatic rings. The molecule has 0 atom stereocenters. The summed E-state index contributed by atoms with van der Waals surface area (Å²) in [6.07, 6.45) is 0. The van der Waals surface area contributed by atoms with E-state index in [9.17, 15) is 14.4 Å². The normalized spacial score (nSPS) is 10.3. The minimum absolute atomic E-state index is 0.318. The number of hydrogen-bond donors (Lipinski definition) is 2. The topological polar surface area (TPSA) is 84.5 Å². The summed E-state index contributed by atoms with van der Waals surface area (Å²) in [6.45, 7) is -0.752. The number of hydrogen-bond acceptors (Lipinski definition) is 4. The van der Waals surface area contributed by atoms with Crippen LogP contribution in [-0.4, -0.2) is 30.9 Å². The molecule has 0 spiro atoms. The van der Waals surface area contributed by atoms with E-state index < -0.39 is 18.5 Å². The first kappa shape index (κ1) is 20.8. The zero-order chi connectivity index (χ0) is 21.2. The van der Waals surface area contributed by atoms with Crippen LogP contribution < -0.4 is 10.6 Å². The Hall–Kier alpha value is -3.93. The molecule has 0 heterocycles. The minimum atomic E-state index is -0.689. The van der Waals surface area contributed by atoms with Gasteiger partial charge in [0.25, 0.3) is 11.8 Å². The summed E-state index contributed by atoms with van der Waals surface area (Å²) in [4.78, 5) is 36.2. The highest BCUT2D eigenvalue weighted by Gasteiger charge is 2.18. The Labute approximate surface area is 174 Å². The molecular weight excluding hydrogens is 380 g/mol. The lowest BCUT2D eigenvalue weighted by Gasteiger charge is -2.20. The lowest BCUT2D eigenvalue weighted by Crippen LogP contribution is -2.35. The lowest BCUT2D eigenvalue weighted by molar-refractivity contribution is -0.147. The van der Waals surface area contributed by atoms with Crippen molar-refractivity contribution in [3.05, 3.63) is 108 Å². The zero-order valence-electron chi connectivity index (χ0n) is 16.3. The second-order valence-corrected chi connectivity index (χ2v) is 6.53. The van der Waals surface area contributed by atoms with Crippen LogP contribution in [0.2, 0.25) is 0 Å². The van der Waals surface area contributed by atoms with Crippen LogP contribution in [0.3, 0.4) is 0 Å². The van der Waals surface area contributed by atoms with Gasteiger partial charge in [0, 0.05) is 5.56 Å². The molecule has 0 aliphatic rings. The Morgan fingerprint density at radius 3 is 1.77 bits per heavy atom.